The highest BCUT2D eigenvalue weighted by Gasteiger charge is 2.19. The summed E-state index contributed by atoms with van der Waals surface area (Å²) in [4.78, 5) is 0.125. The van der Waals surface area contributed by atoms with Crippen LogP contribution in [0.4, 0.5) is 0 Å². The Balaban J connectivity index is 3.13. The highest BCUT2D eigenvalue weighted by molar-refractivity contribution is 9.10. The van der Waals surface area contributed by atoms with Crippen molar-refractivity contribution in [1.82, 2.24) is 4.72 Å². The first-order valence-corrected chi connectivity index (χ1v) is 7.71. The average molecular weight is 334 g/mol. The van der Waals surface area contributed by atoms with Gasteiger partial charge in [0, 0.05) is 11.0 Å². The highest BCUT2D eigenvalue weighted by atomic mass is 79.9. The average Bonchev–Trinajstić information content (AvgIpc) is 2.29. The predicted molar refractivity (Wildman–Crippen MR) is 75.3 cm³/mol. The van der Waals surface area contributed by atoms with Crippen LogP contribution in [0.3, 0.4) is 0 Å². The molecular formula is C12H16BrNO3S. The van der Waals surface area contributed by atoms with Gasteiger partial charge in [0.15, 0.2) is 0 Å². The van der Waals surface area contributed by atoms with Crippen LogP contribution in [0.25, 0.3) is 0 Å². The van der Waals surface area contributed by atoms with E-state index in [0.717, 1.165) is 5.57 Å². The van der Waals surface area contributed by atoms with E-state index in [2.05, 4.69) is 27.2 Å². The molecule has 6 heteroatoms. The van der Waals surface area contributed by atoms with Crippen LogP contribution in [0.2, 0.25) is 0 Å². The predicted octanol–water partition coefficient (Wildman–Crippen LogP) is 2.70. The lowest BCUT2D eigenvalue weighted by atomic mass is 10.3. The molecule has 0 saturated carbocycles. The van der Waals surface area contributed by atoms with Gasteiger partial charge in [0.25, 0.3) is 0 Å². The summed E-state index contributed by atoms with van der Waals surface area (Å²) >= 11 is 3.25. The van der Waals surface area contributed by atoms with Gasteiger partial charge in [0.05, 0.1) is 6.61 Å². The maximum atomic E-state index is 12.1. The molecule has 0 aliphatic rings. The van der Waals surface area contributed by atoms with Gasteiger partial charge in [-0.2, -0.15) is 0 Å². The van der Waals surface area contributed by atoms with E-state index in [9.17, 15) is 8.42 Å². The van der Waals surface area contributed by atoms with Crippen LogP contribution >= 0.6 is 15.9 Å². The third kappa shape index (κ3) is 4.12. The molecule has 0 aliphatic heterocycles. The van der Waals surface area contributed by atoms with Crippen molar-refractivity contribution in [2.75, 3.05) is 13.2 Å². The van der Waals surface area contributed by atoms with Crippen LogP contribution in [-0.2, 0) is 10.0 Å². The quantitative estimate of drug-likeness (QED) is 0.814. The lowest BCUT2D eigenvalue weighted by molar-refractivity contribution is 0.331. The number of halogens is 1. The molecule has 0 aliphatic carbocycles. The molecule has 1 rings (SSSR count). The normalized spacial score (nSPS) is 11.3. The first kappa shape index (κ1) is 15.2. The number of hydrogen-bond acceptors (Lipinski definition) is 3. The van der Waals surface area contributed by atoms with Crippen molar-refractivity contribution in [3.8, 4) is 5.75 Å². The van der Waals surface area contributed by atoms with Crippen LogP contribution in [0.1, 0.15) is 13.8 Å². The van der Waals surface area contributed by atoms with Gasteiger partial charge in [0.2, 0.25) is 10.0 Å². The largest absolute Gasteiger partial charge is 0.492 e. The summed E-state index contributed by atoms with van der Waals surface area (Å²) < 4.78 is 32.7. The molecule has 0 bridgehead atoms. The minimum absolute atomic E-state index is 0.125. The van der Waals surface area contributed by atoms with E-state index in [4.69, 9.17) is 4.74 Å². The molecule has 0 radical (unpaired) electrons. The molecule has 1 aromatic rings. The van der Waals surface area contributed by atoms with Crippen molar-refractivity contribution in [2.45, 2.75) is 18.7 Å². The zero-order valence-corrected chi connectivity index (χ0v) is 12.8. The van der Waals surface area contributed by atoms with Crippen molar-refractivity contribution in [1.29, 1.82) is 0 Å². The number of ether oxygens (including phenoxy) is 1. The van der Waals surface area contributed by atoms with E-state index in [1.165, 1.54) is 6.07 Å². The molecule has 0 heterocycles. The number of sulfonamides is 1. The maximum Gasteiger partial charge on any atom is 0.244 e. The van der Waals surface area contributed by atoms with Crippen molar-refractivity contribution < 1.29 is 13.2 Å². The lowest BCUT2D eigenvalue weighted by Gasteiger charge is -2.12. The van der Waals surface area contributed by atoms with Crippen LogP contribution in [0.5, 0.6) is 5.75 Å². The zero-order chi connectivity index (χ0) is 13.8. The molecule has 0 atom stereocenters. The lowest BCUT2D eigenvalue weighted by Crippen LogP contribution is -2.25. The van der Waals surface area contributed by atoms with E-state index in [1.54, 1.807) is 26.0 Å². The summed E-state index contributed by atoms with van der Waals surface area (Å²) in [5.41, 5.74) is 0.742. The third-order valence-electron chi connectivity index (χ3n) is 2.06. The fourth-order valence-electron chi connectivity index (χ4n) is 1.26. The number of benzene rings is 1. The van der Waals surface area contributed by atoms with Crippen molar-refractivity contribution >= 4 is 26.0 Å². The molecule has 18 heavy (non-hydrogen) atoms. The van der Waals surface area contributed by atoms with Gasteiger partial charge in [0.1, 0.15) is 10.6 Å². The van der Waals surface area contributed by atoms with Gasteiger partial charge >= 0.3 is 0 Å². The van der Waals surface area contributed by atoms with Crippen LogP contribution in [-0.4, -0.2) is 21.6 Å². The molecular weight excluding hydrogens is 318 g/mol. The van der Waals surface area contributed by atoms with Gasteiger partial charge in [-0.05, 0) is 32.0 Å². The van der Waals surface area contributed by atoms with Crippen molar-refractivity contribution in [3.05, 3.63) is 34.8 Å². The fourth-order valence-corrected chi connectivity index (χ4v) is 3.04. The van der Waals surface area contributed by atoms with Crippen molar-refractivity contribution in [2.24, 2.45) is 0 Å². The topological polar surface area (TPSA) is 55.4 Å². The van der Waals surface area contributed by atoms with E-state index >= 15 is 0 Å². The molecule has 0 unspecified atom stereocenters. The molecule has 0 amide bonds. The second kappa shape index (κ2) is 6.36. The Morgan fingerprint density at radius 2 is 2.17 bits per heavy atom. The van der Waals surface area contributed by atoms with Crippen LogP contribution in [0.15, 0.2) is 39.7 Å². The smallest absolute Gasteiger partial charge is 0.244 e. The van der Waals surface area contributed by atoms with Gasteiger partial charge in [-0.1, -0.05) is 28.1 Å². The van der Waals surface area contributed by atoms with Gasteiger partial charge in [-0.15, -0.1) is 0 Å². The summed E-state index contributed by atoms with van der Waals surface area (Å²) in [7, 11) is -3.60. The Labute approximate surface area is 116 Å². The van der Waals surface area contributed by atoms with E-state index in [-0.39, 0.29) is 11.4 Å². The first-order chi connectivity index (χ1) is 8.36. The number of rotatable bonds is 6. The molecule has 0 spiro atoms. The van der Waals surface area contributed by atoms with Crippen LogP contribution < -0.4 is 9.46 Å². The molecule has 100 valence electrons. The highest BCUT2D eigenvalue weighted by Crippen LogP contribution is 2.27. The minimum atomic E-state index is -3.60. The molecule has 0 saturated heterocycles. The summed E-state index contributed by atoms with van der Waals surface area (Å²) in [5.74, 6) is 0.343. The van der Waals surface area contributed by atoms with E-state index in [0.29, 0.717) is 16.8 Å². The second-order valence-electron chi connectivity index (χ2n) is 3.81. The Morgan fingerprint density at radius 3 is 2.72 bits per heavy atom. The van der Waals surface area contributed by atoms with E-state index in [1.807, 2.05) is 0 Å². The standard InChI is InChI=1S/C12H16BrNO3S/c1-4-17-11-6-5-10(13)7-12(11)18(15,16)14-8-9(2)3/h5-7,14H,2,4,8H2,1,3H3. The van der Waals surface area contributed by atoms with Gasteiger partial charge in [-0.25, -0.2) is 13.1 Å². The monoisotopic (exact) mass is 333 g/mol. The summed E-state index contributed by atoms with van der Waals surface area (Å²) in [6.07, 6.45) is 0. The molecule has 0 aromatic heterocycles. The zero-order valence-electron chi connectivity index (χ0n) is 10.4. The number of nitrogens with one attached hydrogen (secondary N) is 1. The first-order valence-electron chi connectivity index (χ1n) is 5.43. The van der Waals surface area contributed by atoms with Gasteiger partial charge in [-0.3, -0.25) is 0 Å². The van der Waals surface area contributed by atoms with E-state index < -0.39 is 10.0 Å². The molecule has 1 N–H and O–H groups in total. The van der Waals surface area contributed by atoms with Crippen molar-refractivity contribution in [3.63, 3.8) is 0 Å². The Hall–Kier alpha value is -0.850. The minimum Gasteiger partial charge on any atom is -0.492 e. The van der Waals surface area contributed by atoms with Gasteiger partial charge < -0.3 is 4.74 Å². The van der Waals surface area contributed by atoms with Crippen LogP contribution in [0, 0.1) is 0 Å². The summed E-state index contributed by atoms with van der Waals surface area (Å²) in [6, 6.07) is 4.89. The third-order valence-corrected chi connectivity index (χ3v) is 3.97. The Morgan fingerprint density at radius 1 is 1.50 bits per heavy atom. The number of hydrogen-bond donors (Lipinski definition) is 1. The SMILES string of the molecule is C=C(C)CNS(=O)(=O)c1cc(Br)ccc1OCC. The summed E-state index contributed by atoms with van der Waals surface area (Å²) in [5, 5.41) is 0. The maximum absolute atomic E-state index is 12.1. The summed E-state index contributed by atoms with van der Waals surface area (Å²) in [6.45, 7) is 7.84. The molecule has 0 fully saturated rings. The fraction of sp³-hybridized carbons (Fsp3) is 0.333. The Bertz CT molecular complexity index is 540. The molecule has 4 nitrogen and oxygen atoms in total. The molecule has 1 aromatic carbocycles. The Kier molecular flexibility index (Phi) is 5.37. The second-order valence-corrected chi connectivity index (χ2v) is 6.46.